The van der Waals surface area contributed by atoms with Gasteiger partial charge >= 0.3 is 0 Å². The monoisotopic (exact) mass is 697 g/mol. The van der Waals surface area contributed by atoms with Gasteiger partial charge in [-0.05, 0) is 114 Å². The normalized spacial score (nSPS) is 19.1. The van der Waals surface area contributed by atoms with E-state index in [1.165, 1.54) is 82.7 Å². The van der Waals surface area contributed by atoms with E-state index in [0.29, 0.717) is 0 Å². The Hall–Kier alpha value is -5.84. The van der Waals surface area contributed by atoms with Gasteiger partial charge in [0.05, 0.1) is 18.5 Å². The van der Waals surface area contributed by atoms with Crippen molar-refractivity contribution < 1.29 is 0 Å². The van der Waals surface area contributed by atoms with E-state index in [9.17, 15) is 0 Å². The van der Waals surface area contributed by atoms with E-state index in [1.807, 2.05) is 0 Å². The van der Waals surface area contributed by atoms with Gasteiger partial charge in [-0.3, -0.25) is 15.5 Å². The summed E-state index contributed by atoms with van der Waals surface area (Å²) < 4.78 is 0. The molecule has 1 aliphatic carbocycles. The summed E-state index contributed by atoms with van der Waals surface area (Å²) in [5.41, 5.74) is 14.0. The molecule has 0 spiro atoms. The Morgan fingerprint density at radius 1 is 0.426 bits per heavy atom. The molecule has 0 aromatic heterocycles. The van der Waals surface area contributed by atoms with Crippen LogP contribution in [0, 0.1) is 0 Å². The maximum absolute atomic E-state index is 4.09. The molecule has 262 valence electrons. The number of rotatable bonds is 5. The highest BCUT2D eigenvalue weighted by Crippen LogP contribution is 2.50. The fourth-order valence-corrected chi connectivity index (χ4v) is 9.11. The summed E-state index contributed by atoms with van der Waals surface area (Å²) in [6.45, 7) is 4.73. The second-order valence-corrected chi connectivity index (χ2v) is 15.6. The van der Waals surface area contributed by atoms with Crippen LogP contribution in [0.2, 0.25) is 0 Å². The van der Waals surface area contributed by atoms with Crippen molar-refractivity contribution >= 4 is 21.5 Å². The number of benzene rings is 8. The van der Waals surface area contributed by atoms with Gasteiger partial charge in [-0.25, -0.2) is 0 Å². The third-order valence-corrected chi connectivity index (χ3v) is 12.0. The number of fused-ring (bicyclic) bond motifs is 6. The molecule has 8 aromatic carbocycles. The number of hydrogen-bond donors (Lipinski definition) is 2. The quantitative estimate of drug-likeness (QED) is 0.175. The molecule has 3 nitrogen and oxygen atoms in total. The Morgan fingerprint density at radius 3 is 1.74 bits per heavy atom. The second kappa shape index (κ2) is 12.9. The van der Waals surface area contributed by atoms with E-state index in [0.717, 1.165) is 0 Å². The SMILES string of the molecule is CN1C(c2cc(-c3ccccc3)cc(-c3ccccc3)c2)NC(c2ccc3c(ccc4ccccc43)c2)NC1c1ccc2c(c1)C(C)(C)c1ccccc1-2. The van der Waals surface area contributed by atoms with Crippen molar-refractivity contribution in [3.8, 4) is 33.4 Å². The van der Waals surface area contributed by atoms with Crippen LogP contribution >= 0.6 is 0 Å². The number of nitrogens with zero attached hydrogens (tertiary/aromatic N) is 1. The van der Waals surface area contributed by atoms with Crippen LogP contribution in [0.25, 0.3) is 54.9 Å². The van der Waals surface area contributed by atoms with Crippen molar-refractivity contribution in [2.24, 2.45) is 0 Å². The van der Waals surface area contributed by atoms with E-state index in [1.54, 1.807) is 0 Å². The number of hydrogen-bond acceptors (Lipinski definition) is 3. The molecule has 2 aliphatic rings. The maximum Gasteiger partial charge on any atom is 0.0888 e. The highest BCUT2D eigenvalue weighted by atomic mass is 15.4. The number of nitrogens with one attached hydrogen (secondary N) is 2. The summed E-state index contributed by atoms with van der Waals surface area (Å²) in [7, 11) is 2.25. The first-order valence-electron chi connectivity index (χ1n) is 19.1. The summed E-state index contributed by atoms with van der Waals surface area (Å²) in [5.74, 6) is 0. The third kappa shape index (κ3) is 5.47. The Labute approximate surface area is 317 Å². The third-order valence-electron chi connectivity index (χ3n) is 12.0. The standard InChI is InChI=1S/C51H43N3/c1-51(2)46-21-13-12-20-44(46)45-27-25-38(32-47(45)51)49-52-48(37-24-26-43-36(28-37)23-22-35-18-10-11-19-42(35)43)53-50(54(49)3)41-30-39(33-14-6-4-7-15-33)29-40(31-41)34-16-8-5-9-17-34/h4-32,48-50,52-53H,1-3H3. The molecule has 0 radical (unpaired) electrons. The molecule has 0 bridgehead atoms. The minimum atomic E-state index is -0.105. The molecule has 3 heteroatoms. The lowest BCUT2D eigenvalue weighted by Gasteiger charge is -2.46. The molecular weight excluding hydrogens is 655 g/mol. The van der Waals surface area contributed by atoms with Crippen LogP contribution in [0.3, 0.4) is 0 Å². The molecule has 1 fully saturated rings. The molecule has 10 rings (SSSR count). The van der Waals surface area contributed by atoms with E-state index in [-0.39, 0.29) is 23.9 Å². The van der Waals surface area contributed by atoms with E-state index >= 15 is 0 Å². The molecular formula is C51H43N3. The lowest BCUT2D eigenvalue weighted by Crippen LogP contribution is -2.54. The van der Waals surface area contributed by atoms with Crippen LogP contribution in [0.1, 0.15) is 60.2 Å². The first-order chi connectivity index (χ1) is 26.4. The summed E-state index contributed by atoms with van der Waals surface area (Å²) in [5, 5.41) is 13.3. The molecule has 3 unspecified atom stereocenters. The Balaban J connectivity index is 1.12. The van der Waals surface area contributed by atoms with Gasteiger partial charge in [-0.15, -0.1) is 0 Å². The highest BCUT2D eigenvalue weighted by Gasteiger charge is 2.39. The molecule has 1 saturated heterocycles. The van der Waals surface area contributed by atoms with Crippen molar-refractivity contribution in [3.63, 3.8) is 0 Å². The first kappa shape index (κ1) is 32.8. The Morgan fingerprint density at radius 2 is 1.00 bits per heavy atom. The van der Waals surface area contributed by atoms with Crippen LogP contribution < -0.4 is 10.6 Å². The van der Waals surface area contributed by atoms with Gasteiger partial charge in [0.1, 0.15) is 0 Å². The fraction of sp³-hybridized carbons (Fsp3) is 0.137. The van der Waals surface area contributed by atoms with Crippen LogP contribution in [0.5, 0.6) is 0 Å². The first-order valence-corrected chi connectivity index (χ1v) is 19.1. The lowest BCUT2D eigenvalue weighted by atomic mass is 9.82. The van der Waals surface area contributed by atoms with Crippen LogP contribution in [-0.2, 0) is 5.41 Å². The smallest absolute Gasteiger partial charge is 0.0888 e. The van der Waals surface area contributed by atoms with Gasteiger partial charge in [-0.1, -0.05) is 166 Å². The van der Waals surface area contributed by atoms with Crippen molar-refractivity contribution in [1.29, 1.82) is 0 Å². The molecule has 3 atom stereocenters. The second-order valence-electron chi connectivity index (χ2n) is 15.6. The average Bonchev–Trinajstić information content (AvgIpc) is 3.46. The molecule has 8 aromatic rings. The molecule has 0 amide bonds. The van der Waals surface area contributed by atoms with Gasteiger partial charge in [0.25, 0.3) is 0 Å². The topological polar surface area (TPSA) is 27.3 Å². The van der Waals surface area contributed by atoms with Gasteiger partial charge in [0.2, 0.25) is 0 Å². The summed E-state index contributed by atoms with van der Waals surface area (Å²) >= 11 is 0. The fourth-order valence-electron chi connectivity index (χ4n) is 9.11. The Kier molecular flexibility index (Phi) is 7.85. The molecule has 2 N–H and O–H groups in total. The molecule has 1 heterocycles. The zero-order valence-corrected chi connectivity index (χ0v) is 30.9. The predicted molar refractivity (Wildman–Crippen MR) is 225 cm³/mol. The summed E-state index contributed by atoms with van der Waals surface area (Å²) in [6, 6.07) is 64.8. The summed E-state index contributed by atoms with van der Waals surface area (Å²) in [4.78, 5) is 2.47. The van der Waals surface area contributed by atoms with Crippen molar-refractivity contribution in [1.82, 2.24) is 15.5 Å². The average molecular weight is 698 g/mol. The predicted octanol–water partition coefficient (Wildman–Crippen LogP) is 12.2. The Bertz CT molecular complexity index is 2620. The summed E-state index contributed by atoms with van der Waals surface area (Å²) in [6.07, 6.45) is -0.247. The highest BCUT2D eigenvalue weighted by molar-refractivity contribution is 6.07. The minimum Gasteiger partial charge on any atom is -0.279 e. The largest absolute Gasteiger partial charge is 0.279 e. The van der Waals surface area contributed by atoms with Crippen molar-refractivity contribution in [2.75, 3.05) is 7.05 Å². The van der Waals surface area contributed by atoms with Gasteiger partial charge in [0.15, 0.2) is 0 Å². The van der Waals surface area contributed by atoms with Gasteiger partial charge in [-0.2, -0.15) is 0 Å². The van der Waals surface area contributed by atoms with Crippen molar-refractivity contribution in [3.05, 3.63) is 204 Å². The zero-order valence-electron chi connectivity index (χ0n) is 30.9. The van der Waals surface area contributed by atoms with E-state index in [2.05, 4.69) is 212 Å². The minimum absolute atomic E-state index is 0.0566. The molecule has 54 heavy (non-hydrogen) atoms. The van der Waals surface area contributed by atoms with E-state index < -0.39 is 0 Å². The lowest BCUT2D eigenvalue weighted by molar-refractivity contribution is 0.0416. The van der Waals surface area contributed by atoms with Crippen LogP contribution in [0.4, 0.5) is 0 Å². The van der Waals surface area contributed by atoms with Gasteiger partial charge < -0.3 is 0 Å². The van der Waals surface area contributed by atoms with Crippen LogP contribution in [-0.4, -0.2) is 11.9 Å². The van der Waals surface area contributed by atoms with E-state index in [4.69, 9.17) is 0 Å². The van der Waals surface area contributed by atoms with Crippen LogP contribution in [0.15, 0.2) is 176 Å². The molecule has 0 saturated carbocycles. The van der Waals surface area contributed by atoms with Crippen molar-refractivity contribution in [2.45, 2.75) is 37.8 Å². The zero-order chi connectivity index (χ0) is 36.4. The van der Waals surface area contributed by atoms with Gasteiger partial charge in [0, 0.05) is 5.41 Å². The molecule has 1 aliphatic heterocycles. The maximum atomic E-state index is 4.09.